The van der Waals surface area contributed by atoms with Crippen LogP contribution in [-0.2, 0) is 10.3 Å². The van der Waals surface area contributed by atoms with Gasteiger partial charge in [-0.3, -0.25) is 9.59 Å². The van der Waals surface area contributed by atoms with Gasteiger partial charge < -0.3 is 10.6 Å². The lowest BCUT2D eigenvalue weighted by Gasteiger charge is -2.27. The Morgan fingerprint density at radius 1 is 1.27 bits per heavy atom. The highest BCUT2D eigenvalue weighted by Gasteiger charge is 2.31. The van der Waals surface area contributed by atoms with Crippen LogP contribution in [0.1, 0.15) is 47.5 Å². The van der Waals surface area contributed by atoms with E-state index in [9.17, 15) is 14.0 Å². The van der Waals surface area contributed by atoms with Gasteiger partial charge in [-0.2, -0.15) is 0 Å². The molecule has 2 N–H and O–H groups in total. The monoisotopic (exact) mass is 394 g/mol. The van der Waals surface area contributed by atoms with E-state index in [-0.39, 0.29) is 22.8 Å². The average Bonchev–Trinajstić information content (AvgIpc) is 3.30. The van der Waals surface area contributed by atoms with E-state index < -0.39 is 11.4 Å². The number of hydrogen-bond acceptors (Lipinski definition) is 3. The van der Waals surface area contributed by atoms with Crippen LogP contribution < -0.4 is 10.6 Å². The van der Waals surface area contributed by atoms with Crippen molar-refractivity contribution in [3.05, 3.63) is 51.1 Å². The van der Waals surface area contributed by atoms with Gasteiger partial charge in [0.15, 0.2) is 0 Å². The molecule has 0 aliphatic heterocycles. The zero-order valence-electron chi connectivity index (χ0n) is 14.8. The summed E-state index contributed by atoms with van der Waals surface area (Å²) >= 11 is 7.38. The number of carbonyl (C=O) groups excluding carboxylic acids is 2. The van der Waals surface area contributed by atoms with Crippen LogP contribution in [0.2, 0.25) is 5.02 Å². The van der Waals surface area contributed by atoms with Crippen LogP contribution in [0, 0.1) is 18.7 Å². The second-order valence-corrected chi connectivity index (χ2v) is 8.55. The number of thiophene rings is 1. The lowest BCUT2D eigenvalue weighted by atomic mass is 9.94. The summed E-state index contributed by atoms with van der Waals surface area (Å²) in [4.78, 5) is 25.2. The third-order valence-corrected chi connectivity index (χ3v) is 5.81. The molecule has 0 atom stereocenters. The molecule has 1 saturated carbocycles. The molecule has 0 spiro atoms. The number of rotatable bonds is 5. The van der Waals surface area contributed by atoms with E-state index in [1.807, 2.05) is 20.8 Å². The summed E-state index contributed by atoms with van der Waals surface area (Å²) in [6.07, 6.45) is 1.85. The molecule has 4 nitrogen and oxygen atoms in total. The Hall–Kier alpha value is -1.92. The third kappa shape index (κ3) is 4.07. The Morgan fingerprint density at radius 3 is 2.58 bits per heavy atom. The molecule has 1 aromatic heterocycles. The second-order valence-electron chi connectivity index (χ2n) is 7.09. The van der Waals surface area contributed by atoms with E-state index in [0.717, 1.165) is 18.4 Å². The molecule has 138 valence electrons. The van der Waals surface area contributed by atoms with Gasteiger partial charge >= 0.3 is 0 Å². The first-order valence-electron chi connectivity index (χ1n) is 8.37. The molecule has 2 aromatic rings. The summed E-state index contributed by atoms with van der Waals surface area (Å²) in [5.41, 5.74) is 0.639. The lowest BCUT2D eigenvalue weighted by Crippen LogP contribution is -2.41. The van der Waals surface area contributed by atoms with Crippen molar-refractivity contribution in [3.8, 4) is 0 Å². The topological polar surface area (TPSA) is 58.2 Å². The maximum absolute atomic E-state index is 13.3. The fraction of sp³-hybridized carbons (Fsp3) is 0.368. The summed E-state index contributed by atoms with van der Waals surface area (Å²) in [6, 6.07) is 5.92. The van der Waals surface area contributed by atoms with E-state index >= 15 is 0 Å². The molecule has 1 fully saturated rings. The molecule has 1 aliphatic carbocycles. The smallest absolute Gasteiger partial charge is 0.262 e. The first kappa shape index (κ1) is 18.9. The van der Waals surface area contributed by atoms with Crippen molar-refractivity contribution in [2.45, 2.75) is 39.2 Å². The summed E-state index contributed by atoms with van der Waals surface area (Å²) in [7, 11) is 0. The molecule has 26 heavy (non-hydrogen) atoms. The Kier molecular flexibility index (Phi) is 5.08. The van der Waals surface area contributed by atoms with Gasteiger partial charge in [0, 0.05) is 10.9 Å². The predicted molar refractivity (Wildman–Crippen MR) is 102 cm³/mol. The standard InChI is InChI=1S/C19H20ClFN2O2S/c1-10-8-15(22-17(24)11-4-5-11)26-16(10)18(25)23-19(2,3)13-7-6-12(21)9-14(13)20/h6-9,11H,4-5H2,1-3H3,(H,22,24)(H,23,25). The lowest BCUT2D eigenvalue weighted by molar-refractivity contribution is -0.117. The van der Waals surface area contributed by atoms with Gasteiger partial charge in [0.2, 0.25) is 5.91 Å². The van der Waals surface area contributed by atoms with Crippen molar-refractivity contribution in [1.82, 2.24) is 5.32 Å². The highest BCUT2D eigenvalue weighted by Crippen LogP contribution is 2.34. The average molecular weight is 395 g/mol. The normalized spacial score (nSPS) is 14.2. The second kappa shape index (κ2) is 7.00. The summed E-state index contributed by atoms with van der Waals surface area (Å²) in [6.45, 7) is 5.45. The Morgan fingerprint density at radius 2 is 1.96 bits per heavy atom. The quantitative estimate of drug-likeness (QED) is 0.760. The molecule has 1 heterocycles. The van der Waals surface area contributed by atoms with E-state index in [4.69, 9.17) is 11.6 Å². The zero-order valence-corrected chi connectivity index (χ0v) is 16.4. The summed E-state index contributed by atoms with van der Waals surface area (Å²) in [5, 5.41) is 6.74. The van der Waals surface area contributed by atoms with Gasteiger partial charge in [-0.1, -0.05) is 17.7 Å². The largest absolute Gasteiger partial charge is 0.342 e. The minimum absolute atomic E-state index is 0.0108. The van der Waals surface area contributed by atoms with Crippen molar-refractivity contribution >= 4 is 39.8 Å². The van der Waals surface area contributed by atoms with Crippen molar-refractivity contribution < 1.29 is 14.0 Å². The molecular formula is C19H20ClFN2O2S. The predicted octanol–water partition coefficient (Wildman–Crippen LogP) is 4.86. The Bertz CT molecular complexity index is 874. The number of hydrogen-bond donors (Lipinski definition) is 2. The van der Waals surface area contributed by atoms with E-state index in [0.29, 0.717) is 15.4 Å². The van der Waals surface area contributed by atoms with E-state index in [1.54, 1.807) is 12.1 Å². The van der Waals surface area contributed by atoms with Crippen LogP contribution in [-0.4, -0.2) is 11.8 Å². The SMILES string of the molecule is Cc1cc(NC(=O)C2CC2)sc1C(=O)NC(C)(C)c1ccc(F)cc1Cl. The molecule has 0 unspecified atom stereocenters. The highest BCUT2D eigenvalue weighted by molar-refractivity contribution is 7.18. The number of carbonyl (C=O) groups is 2. The summed E-state index contributed by atoms with van der Waals surface area (Å²) < 4.78 is 13.3. The molecular weight excluding hydrogens is 375 g/mol. The molecule has 1 aromatic carbocycles. The highest BCUT2D eigenvalue weighted by atomic mass is 35.5. The number of aryl methyl sites for hydroxylation is 1. The molecule has 2 amide bonds. The minimum Gasteiger partial charge on any atom is -0.342 e. The van der Waals surface area contributed by atoms with E-state index in [2.05, 4.69) is 10.6 Å². The van der Waals surface area contributed by atoms with Crippen molar-refractivity contribution in [1.29, 1.82) is 0 Å². The fourth-order valence-electron chi connectivity index (χ4n) is 2.74. The van der Waals surface area contributed by atoms with Gasteiger partial charge in [0.05, 0.1) is 15.4 Å². The van der Waals surface area contributed by atoms with Gasteiger partial charge in [-0.05, 0) is 62.9 Å². The molecule has 1 aliphatic rings. The van der Waals surface area contributed by atoms with Crippen LogP contribution in [0.15, 0.2) is 24.3 Å². The number of amides is 2. The molecule has 3 rings (SSSR count). The molecule has 0 bridgehead atoms. The Labute approximate surface area is 160 Å². The fourth-order valence-corrected chi connectivity index (χ4v) is 4.12. The number of halogens is 2. The maximum Gasteiger partial charge on any atom is 0.262 e. The van der Waals surface area contributed by atoms with Crippen molar-refractivity contribution in [2.75, 3.05) is 5.32 Å². The number of nitrogens with one attached hydrogen (secondary N) is 2. The van der Waals surface area contributed by atoms with Crippen LogP contribution in [0.4, 0.5) is 9.39 Å². The van der Waals surface area contributed by atoms with Gasteiger partial charge in [0.1, 0.15) is 5.82 Å². The van der Waals surface area contributed by atoms with Crippen molar-refractivity contribution in [3.63, 3.8) is 0 Å². The maximum atomic E-state index is 13.3. The van der Waals surface area contributed by atoms with Gasteiger partial charge in [-0.15, -0.1) is 11.3 Å². The number of benzene rings is 1. The van der Waals surface area contributed by atoms with Crippen LogP contribution in [0.3, 0.4) is 0 Å². The zero-order chi connectivity index (χ0) is 19.1. The third-order valence-electron chi connectivity index (χ3n) is 4.35. The van der Waals surface area contributed by atoms with Crippen molar-refractivity contribution in [2.24, 2.45) is 5.92 Å². The van der Waals surface area contributed by atoms with Gasteiger partial charge in [-0.25, -0.2) is 4.39 Å². The first-order chi connectivity index (χ1) is 12.2. The van der Waals surface area contributed by atoms with E-state index in [1.165, 1.54) is 23.5 Å². The van der Waals surface area contributed by atoms with Gasteiger partial charge in [0.25, 0.3) is 5.91 Å². The first-order valence-corrected chi connectivity index (χ1v) is 9.56. The minimum atomic E-state index is -0.782. The molecule has 0 saturated heterocycles. The molecule has 0 radical (unpaired) electrons. The van der Waals surface area contributed by atoms with Crippen LogP contribution >= 0.6 is 22.9 Å². The number of anilines is 1. The molecule has 7 heteroatoms. The Balaban J connectivity index is 1.76. The van der Waals surface area contributed by atoms with Crippen LogP contribution in [0.5, 0.6) is 0 Å². The van der Waals surface area contributed by atoms with Crippen LogP contribution in [0.25, 0.3) is 0 Å². The summed E-state index contributed by atoms with van der Waals surface area (Å²) in [5.74, 6) is -0.568.